The third-order valence-electron chi connectivity index (χ3n) is 5.92. The molecule has 1 saturated heterocycles. The van der Waals surface area contributed by atoms with E-state index < -0.39 is 23.4 Å². The highest BCUT2D eigenvalue weighted by Gasteiger charge is 2.49. The number of carbonyl (C=O) groups is 3. The summed E-state index contributed by atoms with van der Waals surface area (Å²) in [5, 5.41) is 6.60. The summed E-state index contributed by atoms with van der Waals surface area (Å²) < 4.78 is 10.7. The van der Waals surface area contributed by atoms with E-state index in [1.165, 1.54) is 0 Å². The zero-order valence-electron chi connectivity index (χ0n) is 17.4. The molecule has 3 heterocycles. The van der Waals surface area contributed by atoms with Crippen LogP contribution in [0, 0.1) is 0 Å². The quantitative estimate of drug-likeness (QED) is 0.514. The van der Waals surface area contributed by atoms with Crippen molar-refractivity contribution < 1.29 is 23.9 Å². The number of amides is 4. The summed E-state index contributed by atoms with van der Waals surface area (Å²) in [4.78, 5) is 42.2. The zero-order chi connectivity index (χ0) is 22.3. The Morgan fingerprint density at radius 2 is 1.97 bits per heavy atom. The number of benzene rings is 2. The fourth-order valence-corrected chi connectivity index (χ4v) is 4.12. The average Bonchev–Trinajstić information content (AvgIpc) is 3.48. The van der Waals surface area contributed by atoms with Crippen LogP contribution in [0.1, 0.15) is 18.1 Å². The molecule has 2 aromatic carbocycles. The lowest BCUT2D eigenvalue weighted by Gasteiger charge is -2.22. The van der Waals surface area contributed by atoms with Crippen LogP contribution >= 0.6 is 0 Å². The van der Waals surface area contributed by atoms with Gasteiger partial charge in [-0.1, -0.05) is 24.3 Å². The first-order valence-electron chi connectivity index (χ1n) is 10.3. The van der Waals surface area contributed by atoms with Crippen LogP contribution in [-0.4, -0.2) is 47.6 Å². The van der Waals surface area contributed by atoms with Crippen molar-refractivity contribution in [3.63, 3.8) is 0 Å². The summed E-state index contributed by atoms with van der Waals surface area (Å²) >= 11 is 0. The minimum Gasteiger partial charge on any atom is -0.454 e. The zero-order valence-corrected chi connectivity index (χ0v) is 17.4. The number of fused-ring (bicyclic) bond motifs is 2. The second kappa shape index (κ2) is 7.60. The van der Waals surface area contributed by atoms with Crippen molar-refractivity contribution in [1.82, 2.24) is 20.5 Å². The Bertz CT molecular complexity index is 1240. The Morgan fingerprint density at radius 3 is 2.84 bits per heavy atom. The van der Waals surface area contributed by atoms with Gasteiger partial charge in [0.15, 0.2) is 11.5 Å². The highest BCUT2D eigenvalue weighted by atomic mass is 16.7. The predicted octanol–water partition coefficient (Wildman–Crippen LogP) is 2.02. The summed E-state index contributed by atoms with van der Waals surface area (Å²) in [6.45, 7) is 1.77. The van der Waals surface area contributed by atoms with Gasteiger partial charge in [0.25, 0.3) is 5.91 Å². The van der Waals surface area contributed by atoms with Gasteiger partial charge in [-0.3, -0.25) is 14.5 Å². The topological polar surface area (TPSA) is 113 Å². The SMILES string of the molecule is C[C@@]1(c2ccc3c(c2)OCO3)NC(=O)N(CC(=O)NCCc2c[nH]c3ccccc23)C1=O. The molecule has 2 aliphatic heterocycles. The van der Waals surface area contributed by atoms with Crippen molar-refractivity contribution in [3.8, 4) is 11.5 Å². The second-order valence-electron chi connectivity index (χ2n) is 7.97. The lowest BCUT2D eigenvalue weighted by atomic mass is 9.91. The number of imide groups is 1. The average molecular weight is 434 g/mol. The van der Waals surface area contributed by atoms with Crippen molar-refractivity contribution in [3.05, 3.63) is 59.8 Å². The molecule has 0 saturated carbocycles. The number of aromatic amines is 1. The van der Waals surface area contributed by atoms with E-state index in [2.05, 4.69) is 15.6 Å². The molecular weight excluding hydrogens is 412 g/mol. The third-order valence-corrected chi connectivity index (χ3v) is 5.92. The van der Waals surface area contributed by atoms with Gasteiger partial charge in [0, 0.05) is 23.6 Å². The Morgan fingerprint density at radius 1 is 1.16 bits per heavy atom. The van der Waals surface area contributed by atoms with Crippen LogP contribution in [0.4, 0.5) is 4.79 Å². The molecule has 9 nitrogen and oxygen atoms in total. The minimum atomic E-state index is -1.29. The van der Waals surface area contributed by atoms with Crippen LogP contribution < -0.4 is 20.1 Å². The van der Waals surface area contributed by atoms with Gasteiger partial charge in [-0.2, -0.15) is 0 Å². The van der Waals surface area contributed by atoms with Crippen molar-refractivity contribution in [2.45, 2.75) is 18.9 Å². The van der Waals surface area contributed by atoms with Crippen molar-refractivity contribution in [1.29, 1.82) is 0 Å². The van der Waals surface area contributed by atoms with E-state index in [4.69, 9.17) is 9.47 Å². The molecular formula is C23H22N4O5. The Labute approximate surface area is 183 Å². The smallest absolute Gasteiger partial charge is 0.325 e. The van der Waals surface area contributed by atoms with Crippen LogP contribution in [0.5, 0.6) is 11.5 Å². The monoisotopic (exact) mass is 434 g/mol. The van der Waals surface area contributed by atoms with Crippen LogP contribution in [0.3, 0.4) is 0 Å². The Balaban J connectivity index is 1.22. The fourth-order valence-electron chi connectivity index (χ4n) is 4.12. The number of carbonyl (C=O) groups excluding carboxylic acids is 3. The molecule has 4 amide bonds. The van der Waals surface area contributed by atoms with Crippen LogP contribution in [-0.2, 0) is 21.5 Å². The number of hydrogen-bond donors (Lipinski definition) is 3. The van der Waals surface area contributed by atoms with Gasteiger partial charge in [0.1, 0.15) is 12.1 Å². The first-order chi connectivity index (χ1) is 15.5. The molecule has 32 heavy (non-hydrogen) atoms. The molecule has 164 valence electrons. The van der Waals surface area contributed by atoms with E-state index in [1.54, 1.807) is 25.1 Å². The molecule has 5 rings (SSSR count). The summed E-state index contributed by atoms with van der Waals surface area (Å²) in [5.41, 5.74) is 1.40. The molecule has 0 spiro atoms. The molecule has 0 unspecified atom stereocenters. The van der Waals surface area contributed by atoms with E-state index in [0.717, 1.165) is 21.4 Å². The number of hydrogen-bond acceptors (Lipinski definition) is 5. The standard InChI is InChI=1S/C23H22N4O5/c1-23(15-6-7-18-19(10-15)32-13-31-18)21(29)27(22(30)26-23)12-20(28)24-9-8-14-11-25-17-5-3-2-4-16(14)17/h2-7,10-11,25H,8-9,12-13H2,1H3,(H,24,28)(H,26,30)/t23-/m0/s1. The number of para-hydroxylation sites is 1. The molecule has 0 aliphatic carbocycles. The van der Waals surface area contributed by atoms with Crippen molar-refractivity contribution >= 4 is 28.7 Å². The molecule has 0 radical (unpaired) electrons. The van der Waals surface area contributed by atoms with E-state index in [0.29, 0.717) is 30.0 Å². The molecule has 1 aromatic heterocycles. The molecule has 3 aromatic rings. The van der Waals surface area contributed by atoms with Crippen molar-refractivity contribution in [2.24, 2.45) is 0 Å². The normalized spacial score (nSPS) is 19.5. The first kappa shape index (κ1) is 19.9. The van der Waals surface area contributed by atoms with Gasteiger partial charge in [-0.15, -0.1) is 0 Å². The summed E-state index contributed by atoms with van der Waals surface area (Å²) in [6, 6.07) is 12.4. The first-order valence-corrected chi connectivity index (χ1v) is 10.3. The van der Waals surface area contributed by atoms with Gasteiger partial charge in [-0.05, 0) is 42.7 Å². The number of aromatic nitrogens is 1. The highest BCUT2D eigenvalue weighted by Crippen LogP contribution is 2.37. The molecule has 3 N–H and O–H groups in total. The van der Waals surface area contributed by atoms with Crippen LogP contribution in [0.15, 0.2) is 48.7 Å². The lowest BCUT2D eigenvalue weighted by molar-refractivity contribution is -0.134. The maximum Gasteiger partial charge on any atom is 0.325 e. The second-order valence-corrected chi connectivity index (χ2v) is 7.97. The van der Waals surface area contributed by atoms with Gasteiger partial charge in [-0.25, -0.2) is 4.79 Å². The number of nitrogens with zero attached hydrogens (tertiary/aromatic N) is 1. The minimum absolute atomic E-state index is 0.112. The summed E-state index contributed by atoms with van der Waals surface area (Å²) in [5.74, 6) is 0.205. The van der Waals surface area contributed by atoms with E-state index >= 15 is 0 Å². The van der Waals surface area contributed by atoms with Crippen LogP contribution in [0.2, 0.25) is 0 Å². The van der Waals surface area contributed by atoms with Crippen LogP contribution in [0.25, 0.3) is 10.9 Å². The fraction of sp³-hybridized carbons (Fsp3) is 0.261. The van der Waals surface area contributed by atoms with E-state index in [-0.39, 0.29) is 13.3 Å². The summed E-state index contributed by atoms with van der Waals surface area (Å²) in [7, 11) is 0. The van der Waals surface area contributed by atoms with E-state index in [1.807, 2.05) is 30.5 Å². The maximum absolute atomic E-state index is 13.1. The van der Waals surface area contributed by atoms with E-state index in [9.17, 15) is 14.4 Å². The van der Waals surface area contributed by atoms with Gasteiger partial charge in [0.2, 0.25) is 12.7 Å². The Hall–Kier alpha value is -4.01. The third kappa shape index (κ3) is 3.31. The number of rotatable bonds is 6. The molecule has 1 fully saturated rings. The van der Waals surface area contributed by atoms with Crippen molar-refractivity contribution in [2.75, 3.05) is 19.9 Å². The largest absolute Gasteiger partial charge is 0.454 e. The number of urea groups is 1. The molecule has 1 atom stereocenters. The van der Waals surface area contributed by atoms with Gasteiger partial charge in [0.05, 0.1) is 0 Å². The molecule has 2 aliphatic rings. The number of H-pyrrole nitrogens is 1. The maximum atomic E-state index is 13.1. The number of ether oxygens (including phenoxy) is 2. The number of nitrogens with one attached hydrogen (secondary N) is 3. The summed E-state index contributed by atoms with van der Waals surface area (Å²) in [6.07, 6.45) is 2.55. The molecule has 9 heteroatoms. The highest BCUT2D eigenvalue weighted by molar-refractivity contribution is 6.09. The van der Waals surface area contributed by atoms with Gasteiger partial charge >= 0.3 is 6.03 Å². The molecule has 0 bridgehead atoms. The Kier molecular flexibility index (Phi) is 4.73. The lowest BCUT2D eigenvalue weighted by Crippen LogP contribution is -2.43. The van der Waals surface area contributed by atoms with Gasteiger partial charge < -0.3 is 25.1 Å². The predicted molar refractivity (Wildman–Crippen MR) is 115 cm³/mol.